The molecule has 0 aliphatic carbocycles. The quantitative estimate of drug-likeness (QED) is 0.173. The molecular weight excluding hydrogens is 627 g/mol. The summed E-state index contributed by atoms with van der Waals surface area (Å²) >= 11 is 0. The minimum atomic E-state index is -1.11. The number of hydrogen-bond donors (Lipinski definition) is 2. The molecule has 0 fully saturated rings. The van der Waals surface area contributed by atoms with E-state index in [1.54, 1.807) is 0 Å². The monoisotopic (exact) mass is 672 g/mol. The molecule has 50 heavy (non-hydrogen) atoms. The summed E-state index contributed by atoms with van der Waals surface area (Å²) in [7, 11) is -1.11. The Balaban J connectivity index is 1.56. The Morgan fingerprint density at radius 2 is 0.980 bits per heavy atom. The summed E-state index contributed by atoms with van der Waals surface area (Å²) in [5, 5.41) is 32.7. The van der Waals surface area contributed by atoms with Crippen LogP contribution in [0.1, 0.15) is 69.9 Å². The molecular formula is C47H45O2P. The van der Waals surface area contributed by atoms with E-state index in [0.29, 0.717) is 0 Å². The first kappa shape index (κ1) is 33.7. The van der Waals surface area contributed by atoms with Gasteiger partial charge in [-0.2, -0.15) is 0 Å². The molecule has 7 aromatic rings. The fourth-order valence-electron chi connectivity index (χ4n) is 6.98. The van der Waals surface area contributed by atoms with E-state index >= 15 is 0 Å². The summed E-state index contributed by atoms with van der Waals surface area (Å²) in [4.78, 5) is 0. The molecule has 0 unspecified atom stereocenters. The van der Waals surface area contributed by atoms with Gasteiger partial charge in [-0.05, 0) is 84.8 Å². The number of hydrogen-bond acceptors (Lipinski definition) is 2. The third-order valence-corrected chi connectivity index (χ3v) is 12.2. The highest BCUT2D eigenvalue weighted by atomic mass is 31.1. The Bertz CT molecular complexity index is 2240. The lowest BCUT2D eigenvalue weighted by Gasteiger charge is -2.28. The molecule has 0 aliphatic rings. The van der Waals surface area contributed by atoms with E-state index in [2.05, 4.69) is 157 Å². The summed E-state index contributed by atoms with van der Waals surface area (Å²) in [6.07, 6.45) is -0.926. The van der Waals surface area contributed by atoms with E-state index < -0.39 is 14.0 Å². The average Bonchev–Trinajstić information content (AvgIpc) is 3.11. The molecule has 0 aromatic heterocycles. The van der Waals surface area contributed by atoms with Gasteiger partial charge in [0, 0.05) is 10.9 Å². The number of fused-ring (bicyclic) bond motifs is 2. The fraction of sp³-hybridized carbons (Fsp3) is 0.191. The molecule has 0 bridgehead atoms. The van der Waals surface area contributed by atoms with Gasteiger partial charge in [0.05, 0.1) is 0 Å². The van der Waals surface area contributed by atoms with Crippen LogP contribution >= 0.6 is 7.92 Å². The first-order valence-electron chi connectivity index (χ1n) is 17.4. The van der Waals surface area contributed by atoms with Crippen LogP contribution in [0.2, 0.25) is 0 Å². The second-order valence-electron chi connectivity index (χ2n) is 15.3. The highest BCUT2D eigenvalue weighted by Crippen LogP contribution is 2.48. The standard InChI is InChI=1S/C47H45O2P/c1-46(2,3)34-27-33(28-35(30-34)47(4,5)6)44(48)40-26-25-31-17-13-15-23-38(31)42(40)43-39-24-16-14-18-32(39)29-41(45(43)49)50(36-19-9-7-10-20-36)37-21-11-8-12-22-37/h7-30,44,48-49H,1-6H3/t44-/m1/s1. The number of rotatable bonds is 6. The SMILES string of the molecule is CC(C)(C)c1cc([C@@H](O)c2ccc3ccccc3c2-c2c(O)c(P(c3ccccc3)c3ccccc3)cc3ccccc23)cc(C(C)(C)C)c1. The molecule has 1 atom stereocenters. The van der Waals surface area contributed by atoms with Crippen molar-refractivity contribution in [3.63, 3.8) is 0 Å². The zero-order valence-corrected chi connectivity index (χ0v) is 30.7. The predicted octanol–water partition coefficient (Wildman–Crippen LogP) is 10.8. The van der Waals surface area contributed by atoms with Crippen molar-refractivity contribution < 1.29 is 10.2 Å². The maximum Gasteiger partial charge on any atom is 0.132 e. The van der Waals surface area contributed by atoms with Gasteiger partial charge in [-0.3, -0.25) is 0 Å². The van der Waals surface area contributed by atoms with Crippen LogP contribution in [0.3, 0.4) is 0 Å². The number of phenolic OH excluding ortho intramolecular Hbond substituents is 1. The third-order valence-electron chi connectivity index (χ3n) is 9.78. The Morgan fingerprint density at radius 1 is 0.500 bits per heavy atom. The van der Waals surface area contributed by atoms with E-state index in [-0.39, 0.29) is 16.6 Å². The van der Waals surface area contributed by atoms with Gasteiger partial charge in [0.15, 0.2) is 0 Å². The van der Waals surface area contributed by atoms with Crippen LogP contribution in [0.4, 0.5) is 0 Å². The van der Waals surface area contributed by atoms with Crippen LogP contribution in [0.5, 0.6) is 5.75 Å². The van der Waals surface area contributed by atoms with Gasteiger partial charge >= 0.3 is 0 Å². The predicted molar refractivity (Wildman–Crippen MR) is 215 cm³/mol. The van der Waals surface area contributed by atoms with Gasteiger partial charge in [-0.25, -0.2) is 0 Å². The minimum Gasteiger partial charge on any atom is -0.507 e. The number of aliphatic hydroxyl groups is 1. The van der Waals surface area contributed by atoms with Gasteiger partial charge < -0.3 is 10.2 Å². The molecule has 7 aromatic carbocycles. The van der Waals surface area contributed by atoms with E-state index in [4.69, 9.17) is 0 Å². The normalized spacial score (nSPS) is 12.9. The molecule has 0 spiro atoms. The maximum absolute atomic E-state index is 12.8. The third kappa shape index (κ3) is 6.35. The Morgan fingerprint density at radius 3 is 1.52 bits per heavy atom. The van der Waals surface area contributed by atoms with Crippen molar-refractivity contribution in [1.82, 2.24) is 0 Å². The molecule has 0 saturated heterocycles. The molecule has 250 valence electrons. The lowest BCUT2D eigenvalue weighted by Crippen LogP contribution is -2.21. The van der Waals surface area contributed by atoms with Crippen LogP contribution < -0.4 is 15.9 Å². The van der Waals surface area contributed by atoms with Crippen LogP contribution in [-0.4, -0.2) is 10.2 Å². The number of benzene rings is 7. The zero-order valence-electron chi connectivity index (χ0n) is 29.8. The molecule has 3 heteroatoms. The summed E-state index contributed by atoms with van der Waals surface area (Å²) in [5.41, 5.74) is 5.42. The molecule has 2 nitrogen and oxygen atoms in total. The molecule has 0 radical (unpaired) electrons. The number of aromatic hydroxyl groups is 1. The Kier molecular flexibility index (Phi) is 8.89. The van der Waals surface area contributed by atoms with Gasteiger partial charge in [-0.15, -0.1) is 0 Å². The molecule has 0 aliphatic heterocycles. The van der Waals surface area contributed by atoms with Crippen LogP contribution in [0, 0.1) is 0 Å². The summed E-state index contributed by atoms with van der Waals surface area (Å²) in [5.74, 6) is 0.256. The minimum absolute atomic E-state index is 0.100. The largest absolute Gasteiger partial charge is 0.507 e. The van der Waals surface area contributed by atoms with Crippen molar-refractivity contribution in [2.75, 3.05) is 0 Å². The molecule has 0 saturated carbocycles. The van der Waals surface area contributed by atoms with Gasteiger partial charge in [-0.1, -0.05) is 181 Å². The smallest absolute Gasteiger partial charge is 0.132 e. The van der Waals surface area contributed by atoms with Crippen molar-refractivity contribution in [1.29, 1.82) is 0 Å². The molecule has 2 N–H and O–H groups in total. The van der Waals surface area contributed by atoms with E-state index in [9.17, 15) is 10.2 Å². The number of aliphatic hydroxyl groups excluding tert-OH is 1. The second kappa shape index (κ2) is 13.2. The van der Waals surface area contributed by atoms with Crippen molar-refractivity contribution >= 4 is 45.4 Å². The van der Waals surface area contributed by atoms with Crippen molar-refractivity contribution in [2.45, 2.75) is 58.5 Å². The first-order valence-corrected chi connectivity index (χ1v) is 18.8. The highest BCUT2D eigenvalue weighted by molar-refractivity contribution is 7.80. The van der Waals surface area contributed by atoms with Crippen LogP contribution in [0.15, 0.2) is 146 Å². The summed E-state index contributed by atoms with van der Waals surface area (Å²) < 4.78 is 0. The lowest BCUT2D eigenvalue weighted by molar-refractivity contribution is 0.220. The molecule has 0 heterocycles. The summed E-state index contributed by atoms with van der Waals surface area (Å²) in [6, 6.07) is 50.6. The van der Waals surface area contributed by atoms with Crippen molar-refractivity contribution in [3.8, 4) is 16.9 Å². The Labute approximate surface area is 297 Å². The van der Waals surface area contributed by atoms with E-state index in [1.807, 2.05) is 30.3 Å². The fourth-order valence-corrected chi connectivity index (χ4v) is 9.36. The zero-order chi connectivity index (χ0) is 35.2. The number of phenols is 1. The highest BCUT2D eigenvalue weighted by Gasteiger charge is 2.29. The van der Waals surface area contributed by atoms with Crippen molar-refractivity contribution in [2.24, 2.45) is 0 Å². The van der Waals surface area contributed by atoms with Crippen LogP contribution in [0.25, 0.3) is 32.7 Å². The van der Waals surface area contributed by atoms with Gasteiger partial charge in [0.2, 0.25) is 0 Å². The van der Waals surface area contributed by atoms with Gasteiger partial charge in [0.25, 0.3) is 0 Å². The lowest BCUT2D eigenvalue weighted by atomic mass is 9.78. The molecule has 7 rings (SSSR count). The first-order chi connectivity index (χ1) is 23.9. The maximum atomic E-state index is 12.8. The summed E-state index contributed by atoms with van der Waals surface area (Å²) in [6.45, 7) is 13.3. The molecule has 0 amide bonds. The van der Waals surface area contributed by atoms with E-state index in [0.717, 1.165) is 59.7 Å². The average molecular weight is 673 g/mol. The van der Waals surface area contributed by atoms with Crippen LogP contribution in [-0.2, 0) is 10.8 Å². The van der Waals surface area contributed by atoms with Gasteiger partial charge in [0.1, 0.15) is 11.9 Å². The van der Waals surface area contributed by atoms with Crippen molar-refractivity contribution in [3.05, 3.63) is 168 Å². The topological polar surface area (TPSA) is 40.5 Å². The van der Waals surface area contributed by atoms with E-state index in [1.165, 1.54) is 11.1 Å². The second-order valence-corrected chi connectivity index (χ2v) is 17.5. The Hall–Kier alpha value is -4.75.